The molecule has 0 radical (unpaired) electrons. The zero-order chi connectivity index (χ0) is 16.7. The molecule has 5 rings (SSSR count). The molecule has 0 saturated heterocycles. The van der Waals surface area contributed by atoms with Gasteiger partial charge in [0.1, 0.15) is 5.75 Å². The maximum Gasteiger partial charge on any atom is 0.258 e. The molecule has 24 heavy (non-hydrogen) atoms. The molecule has 3 nitrogen and oxygen atoms in total. The molecule has 4 aliphatic rings. The van der Waals surface area contributed by atoms with Crippen molar-refractivity contribution in [2.24, 2.45) is 23.2 Å². The van der Waals surface area contributed by atoms with Crippen LogP contribution in [-0.4, -0.2) is 18.6 Å². The number of aryl methyl sites for hydroxylation is 1. The van der Waals surface area contributed by atoms with E-state index in [2.05, 4.69) is 12.2 Å². The summed E-state index contributed by atoms with van der Waals surface area (Å²) in [6.07, 6.45) is 8.28. The summed E-state index contributed by atoms with van der Waals surface area (Å²) in [7, 11) is 0. The van der Waals surface area contributed by atoms with E-state index < -0.39 is 0 Å². The zero-order valence-corrected chi connectivity index (χ0v) is 14.9. The van der Waals surface area contributed by atoms with Crippen molar-refractivity contribution in [2.45, 2.75) is 58.4 Å². The van der Waals surface area contributed by atoms with Gasteiger partial charge in [-0.05, 0) is 87.2 Å². The Balaban J connectivity index is 1.35. The lowest BCUT2D eigenvalue weighted by Crippen LogP contribution is -2.56. The summed E-state index contributed by atoms with van der Waals surface area (Å²) in [6, 6.07) is 8.12. The Kier molecular flexibility index (Phi) is 4.06. The van der Waals surface area contributed by atoms with Crippen molar-refractivity contribution in [3.8, 4) is 5.75 Å². The number of nitrogens with one attached hydrogen (secondary N) is 1. The SMILES string of the molecule is Cc1ccccc1OCC(=O)N[C@@H](C)C12CC3CC(CC(C3)C1)C2. The fourth-order valence-corrected chi connectivity index (χ4v) is 6.01. The molecule has 0 aromatic heterocycles. The molecule has 1 amide bonds. The van der Waals surface area contributed by atoms with Gasteiger partial charge in [-0.25, -0.2) is 0 Å². The first kappa shape index (κ1) is 16.0. The molecule has 1 aromatic rings. The topological polar surface area (TPSA) is 38.3 Å². The van der Waals surface area contributed by atoms with E-state index in [-0.39, 0.29) is 18.6 Å². The first-order chi connectivity index (χ1) is 11.5. The highest BCUT2D eigenvalue weighted by atomic mass is 16.5. The molecular weight excluding hydrogens is 298 g/mol. The number of benzene rings is 1. The number of hydrogen-bond donors (Lipinski definition) is 1. The van der Waals surface area contributed by atoms with Crippen molar-refractivity contribution in [1.29, 1.82) is 0 Å². The second-order valence-electron chi connectivity index (χ2n) is 8.62. The van der Waals surface area contributed by atoms with Crippen LogP contribution >= 0.6 is 0 Å². The summed E-state index contributed by atoms with van der Waals surface area (Å²) in [5, 5.41) is 3.26. The highest BCUT2D eigenvalue weighted by Gasteiger charge is 2.53. The number of ether oxygens (including phenoxy) is 1. The summed E-state index contributed by atoms with van der Waals surface area (Å²) in [4.78, 5) is 12.4. The Morgan fingerprint density at radius 1 is 1.17 bits per heavy atom. The summed E-state index contributed by atoms with van der Waals surface area (Å²) >= 11 is 0. The van der Waals surface area contributed by atoms with Crippen molar-refractivity contribution in [1.82, 2.24) is 5.32 Å². The molecular formula is C21H29NO2. The van der Waals surface area contributed by atoms with Gasteiger partial charge < -0.3 is 10.1 Å². The number of carbonyl (C=O) groups excluding carboxylic acids is 1. The smallest absolute Gasteiger partial charge is 0.258 e. The molecule has 4 fully saturated rings. The van der Waals surface area contributed by atoms with E-state index in [1.165, 1.54) is 38.5 Å². The molecule has 0 aliphatic heterocycles. The van der Waals surface area contributed by atoms with E-state index in [1.54, 1.807) is 0 Å². The Morgan fingerprint density at radius 3 is 2.33 bits per heavy atom. The van der Waals surface area contributed by atoms with Crippen LogP contribution in [0.4, 0.5) is 0 Å². The number of rotatable bonds is 5. The van der Waals surface area contributed by atoms with Gasteiger partial charge in [-0.3, -0.25) is 4.79 Å². The molecule has 4 saturated carbocycles. The highest BCUT2D eigenvalue weighted by Crippen LogP contribution is 2.61. The van der Waals surface area contributed by atoms with Gasteiger partial charge in [-0.1, -0.05) is 18.2 Å². The van der Waals surface area contributed by atoms with Crippen LogP contribution in [0, 0.1) is 30.1 Å². The molecule has 130 valence electrons. The maximum atomic E-state index is 12.4. The normalized spacial score (nSPS) is 34.8. The number of para-hydroxylation sites is 1. The van der Waals surface area contributed by atoms with Crippen molar-refractivity contribution in [3.63, 3.8) is 0 Å². The van der Waals surface area contributed by atoms with Gasteiger partial charge in [0.2, 0.25) is 0 Å². The van der Waals surface area contributed by atoms with Crippen LogP contribution < -0.4 is 10.1 Å². The molecule has 0 unspecified atom stereocenters. The van der Waals surface area contributed by atoms with Gasteiger partial charge >= 0.3 is 0 Å². The minimum atomic E-state index is 0.0153. The summed E-state index contributed by atoms with van der Waals surface area (Å²) < 4.78 is 5.71. The van der Waals surface area contributed by atoms with Crippen LogP contribution in [0.2, 0.25) is 0 Å². The summed E-state index contributed by atoms with van der Waals surface area (Å²) in [6.45, 7) is 4.34. The fourth-order valence-electron chi connectivity index (χ4n) is 6.01. The Hall–Kier alpha value is -1.51. The van der Waals surface area contributed by atoms with E-state index >= 15 is 0 Å². The van der Waals surface area contributed by atoms with Crippen molar-refractivity contribution in [2.75, 3.05) is 6.61 Å². The lowest BCUT2D eigenvalue weighted by atomic mass is 9.48. The molecule has 0 heterocycles. The average molecular weight is 327 g/mol. The van der Waals surface area contributed by atoms with E-state index in [0.29, 0.717) is 5.41 Å². The van der Waals surface area contributed by atoms with Gasteiger partial charge in [0.15, 0.2) is 6.61 Å². The second kappa shape index (κ2) is 6.09. The second-order valence-corrected chi connectivity index (χ2v) is 8.62. The number of carbonyl (C=O) groups is 1. The first-order valence-electron chi connectivity index (χ1n) is 9.52. The van der Waals surface area contributed by atoms with Gasteiger partial charge in [0.05, 0.1) is 0 Å². The number of amides is 1. The van der Waals surface area contributed by atoms with Gasteiger partial charge in [-0.15, -0.1) is 0 Å². The standard InChI is InChI=1S/C21H29NO2/c1-14-5-3-4-6-19(14)24-13-20(23)22-15(2)21-10-16-7-17(11-21)9-18(8-16)12-21/h3-6,15-18H,7-13H2,1-2H3,(H,22,23)/t15-,16?,17?,18?,21?/m0/s1. The van der Waals surface area contributed by atoms with Gasteiger partial charge in [0.25, 0.3) is 5.91 Å². The third-order valence-electron chi connectivity index (χ3n) is 6.83. The van der Waals surface area contributed by atoms with Crippen LogP contribution in [0.3, 0.4) is 0 Å². The Morgan fingerprint density at radius 2 is 1.75 bits per heavy atom. The Bertz CT molecular complexity index is 589. The van der Waals surface area contributed by atoms with Crippen molar-refractivity contribution < 1.29 is 9.53 Å². The average Bonchev–Trinajstić information content (AvgIpc) is 2.53. The third kappa shape index (κ3) is 2.94. The molecule has 4 bridgehead atoms. The van der Waals surface area contributed by atoms with Gasteiger partial charge in [0, 0.05) is 6.04 Å². The number of hydrogen-bond acceptors (Lipinski definition) is 2. The first-order valence-corrected chi connectivity index (χ1v) is 9.52. The quantitative estimate of drug-likeness (QED) is 0.884. The van der Waals surface area contributed by atoms with E-state index in [9.17, 15) is 4.79 Å². The van der Waals surface area contributed by atoms with Crippen LogP contribution in [-0.2, 0) is 4.79 Å². The molecule has 4 aliphatic carbocycles. The van der Waals surface area contributed by atoms with Crippen LogP contribution in [0.15, 0.2) is 24.3 Å². The maximum absolute atomic E-state index is 12.4. The molecule has 1 aromatic carbocycles. The lowest BCUT2D eigenvalue weighted by Gasteiger charge is -2.59. The predicted octanol–water partition coefficient (Wildman–Crippen LogP) is 4.09. The monoisotopic (exact) mass is 327 g/mol. The largest absolute Gasteiger partial charge is 0.484 e. The molecule has 1 atom stereocenters. The zero-order valence-electron chi connectivity index (χ0n) is 14.9. The van der Waals surface area contributed by atoms with E-state index in [0.717, 1.165) is 29.1 Å². The minimum Gasteiger partial charge on any atom is -0.484 e. The highest BCUT2D eigenvalue weighted by molar-refractivity contribution is 5.78. The van der Waals surface area contributed by atoms with Crippen LogP contribution in [0.25, 0.3) is 0 Å². The molecule has 3 heteroatoms. The minimum absolute atomic E-state index is 0.0153. The van der Waals surface area contributed by atoms with Crippen LogP contribution in [0.5, 0.6) is 5.75 Å². The molecule has 1 N–H and O–H groups in total. The third-order valence-corrected chi connectivity index (χ3v) is 6.83. The van der Waals surface area contributed by atoms with Crippen LogP contribution in [0.1, 0.15) is 51.0 Å². The van der Waals surface area contributed by atoms with Gasteiger partial charge in [-0.2, -0.15) is 0 Å². The predicted molar refractivity (Wildman–Crippen MR) is 94.9 cm³/mol. The van der Waals surface area contributed by atoms with Crippen molar-refractivity contribution in [3.05, 3.63) is 29.8 Å². The Labute approximate surface area is 145 Å². The van der Waals surface area contributed by atoms with Crippen molar-refractivity contribution >= 4 is 5.91 Å². The lowest BCUT2D eigenvalue weighted by molar-refractivity contribution is -0.127. The summed E-state index contributed by atoms with van der Waals surface area (Å²) in [5.41, 5.74) is 1.42. The van der Waals surface area contributed by atoms with E-state index in [4.69, 9.17) is 4.74 Å². The summed E-state index contributed by atoms with van der Waals surface area (Å²) in [5.74, 6) is 3.56. The fraction of sp³-hybridized carbons (Fsp3) is 0.667. The van der Waals surface area contributed by atoms with E-state index in [1.807, 2.05) is 31.2 Å². The molecule has 0 spiro atoms.